The Morgan fingerprint density at radius 2 is 2.00 bits per heavy atom. The minimum absolute atomic E-state index is 0.211. The van der Waals surface area contributed by atoms with Crippen LogP contribution in [0.25, 0.3) is 0 Å². The van der Waals surface area contributed by atoms with Gasteiger partial charge in [-0.3, -0.25) is 4.79 Å². The molecule has 0 aliphatic heterocycles. The van der Waals surface area contributed by atoms with Gasteiger partial charge in [-0.15, -0.1) is 0 Å². The summed E-state index contributed by atoms with van der Waals surface area (Å²) in [6, 6.07) is 0.514. The minimum Gasteiger partial charge on any atom is -0.469 e. The third-order valence-electron chi connectivity index (χ3n) is 3.93. The fraction of sp³-hybridized carbons (Fsp3) is 0.714. The lowest BCUT2D eigenvalue weighted by Gasteiger charge is -2.26. The number of carbonyl (C=O) groups is 1. The van der Waals surface area contributed by atoms with E-state index in [0.29, 0.717) is 6.04 Å². The highest BCUT2D eigenvalue weighted by Gasteiger charge is 2.22. The molecule has 1 aromatic rings. The zero-order valence-corrected chi connectivity index (χ0v) is 11.5. The van der Waals surface area contributed by atoms with Crippen molar-refractivity contribution in [1.29, 1.82) is 0 Å². The molecule has 1 aromatic heterocycles. The van der Waals surface area contributed by atoms with Gasteiger partial charge in [0.05, 0.1) is 12.8 Å². The topological polar surface area (TPSA) is 44.1 Å². The van der Waals surface area contributed by atoms with Gasteiger partial charge in [0, 0.05) is 11.7 Å². The number of carbonyl (C=O) groups excluding carboxylic acids is 1. The lowest BCUT2D eigenvalue weighted by molar-refractivity contribution is -0.140. The molecular weight excluding hydrogens is 228 g/mol. The maximum Gasteiger partial charge on any atom is 0.313 e. The highest BCUT2D eigenvalue weighted by atomic mass is 16.5. The molecule has 1 fully saturated rings. The smallest absolute Gasteiger partial charge is 0.313 e. The average Bonchev–Trinajstić information content (AvgIpc) is 2.66. The van der Waals surface area contributed by atoms with Gasteiger partial charge in [0.2, 0.25) is 0 Å². The fourth-order valence-electron chi connectivity index (χ4n) is 2.85. The monoisotopic (exact) mass is 250 g/mol. The summed E-state index contributed by atoms with van der Waals surface area (Å²) in [7, 11) is 1.43. The Kier molecular flexibility index (Phi) is 4.04. The minimum atomic E-state index is -0.211. The van der Waals surface area contributed by atoms with Gasteiger partial charge >= 0.3 is 5.97 Å². The maximum absolute atomic E-state index is 11.5. The van der Waals surface area contributed by atoms with E-state index < -0.39 is 0 Å². The van der Waals surface area contributed by atoms with E-state index in [9.17, 15) is 4.79 Å². The van der Waals surface area contributed by atoms with Crippen molar-refractivity contribution in [1.82, 2.24) is 9.55 Å². The van der Waals surface area contributed by atoms with E-state index in [2.05, 4.69) is 16.5 Å². The normalized spacial score (nSPS) is 16.8. The molecule has 2 rings (SSSR count). The molecule has 0 N–H and O–H groups in total. The molecule has 0 aromatic carbocycles. The van der Waals surface area contributed by atoms with Crippen molar-refractivity contribution in [2.45, 2.75) is 58.4 Å². The van der Waals surface area contributed by atoms with Crippen LogP contribution in [0.4, 0.5) is 0 Å². The Labute approximate surface area is 108 Å². The number of esters is 1. The first-order valence-corrected chi connectivity index (χ1v) is 6.74. The van der Waals surface area contributed by atoms with Gasteiger partial charge in [0.15, 0.2) is 0 Å². The van der Waals surface area contributed by atoms with Crippen molar-refractivity contribution >= 4 is 5.97 Å². The van der Waals surface area contributed by atoms with Crippen LogP contribution in [0.2, 0.25) is 0 Å². The molecule has 0 atom stereocenters. The predicted molar refractivity (Wildman–Crippen MR) is 69.5 cm³/mol. The van der Waals surface area contributed by atoms with Gasteiger partial charge in [-0.25, -0.2) is 4.98 Å². The first-order chi connectivity index (χ1) is 8.63. The van der Waals surface area contributed by atoms with E-state index in [1.807, 2.05) is 6.92 Å². The molecule has 0 unspecified atom stereocenters. The first kappa shape index (κ1) is 13.1. The summed E-state index contributed by atoms with van der Waals surface area (Å²) in [6.07, 6.45) is 6.56. The molecule has 0 amide bonds. The van der Waals surface area contributed by atoms with Crippen molar-refractivity contribution in [3.63, 3.8) is 0 Å². The second-order valence-corrected chi connectivity index (χ2v) is 5.11. The third kappa shape index (κ3) is 2.57. The molecule has 1 heterocycles. The van der Waals surface area contributed by atoms with Crippen LogP contribution in [0.3, 0.4) is 0 Å². The molecular formula is C14H22N2O2. The first-order valence-electron chi connectivity index (χ1n) is 6.74. The largest absolute Gasteiger partial charge is 0.469 e. The van der Waals surface area contributed by atoms with E-state index in [4.69, 9.17) is 4.74 Å². The fourth-order valence-corrected chi connectivity index (χ4v) is 2.85. The van der Waals surface area contributed by atoms with Gasteiger partial charge < -0.3 is 9.30 Å². The quantitative estimate of drug-likeness (QED) is 0.775. The molecule has 0 spiro atoms. The molecule has 1 aliphatic rings. The van der Waals surface area contributed by atoms with E-state index in [1.54, 1.807) is 0 Å². The van der Waals surface area contributed by atoms with Crippen LogP contribution in [-0.2, 0) is 16.0 Å². The van der Waals surface area contributed by atoms with Gasteiger partial charge in [0.1, 0.15) is 12.2 Å². The van der Waals surface area contributed by atoms with Crippen molar-refractivity contribution in [2.75, 3.05) is 7.11 Å². The summed E-state index contributed by atoms with van der Waals surface area (Å²) in [6.45, 7) is 4.10. The van der Waals surface area contributed by atoms with Crippen molar-refractivity contribution in [3.05, 3.63) is 17.2 Å². The Hall–Kier alpha value is -1.32. The van der Waals surface area contributed by atoms with E-state index in [0.717, 1.165) is 11.5 Å². The zero-order valence-electron chi connectivity index (χ0n) is 11.5. The highest BCUT2D eigenvalue weighted by molar-refractivity contribution is 5.71. The second kappa shape index (κ2) is 5.55. The van der Waals surface area contributed by atoms with Crippen LogP contribution >= 0.6 is 0 Å². The van der Waals surface area contributed by atoms with Gasteiger partial charge in [-0.05, 0) is 26.7 Å². The van der Waals surface area contributed by atoms with Gasteiger partial charge in [-0.2, -0.15) is 0 Å². The number of nitrogens with zero attached hydrogens (tertiary/aromatic N) is 2. The van der Waals surface area contributed by atoms with Crippen molar-refractivity contribution < 1.29 is 9.53 Å². The van der Waals surface area contributed by atoms with E-state index in [1.165, 1.54) is 44.9 Å². The standard InChI is InChI=1S/C14H22N2O2/c1-10-11(2)16(12-7-5-4-6-8-12)13(15-10)9-14(17)18-3/h12H,4-9H2,1-3H3. The Bertz CT molecular complexity index is 431. The third-order valence-corrected chi connectivity index (χ3v) is 3.93. The number of imidazole rings is 1. The van der Waals surface area contributed by atoms with E-state index in [-0.39, 0.29) is 12.4 Å². The van der Waals surface area contributed by atoms with Crippen LogP contribution in [0, 0.1) is 13.8 Å². The molecule has 4 nitrogen and oxygen atoms in total. The number of ether oxygens (including phenoxy) is 1. The van der Waals surface area contributed by atoms with Crippen LogP contribution < -0.4 is 0 Å². The number of aryl methyl sites for hydroxylation is 1. The van der Waals surface area contributed by atoms with Crippen LogP contribution in [0.15, 0.2) is 0 Å². The summed E-state index contributed by atoms with van der Waals surface area (Å²) in [4.78, 5) is 16.0. The number of rotatable bonds is 3. The molecule has 1 aliphatic carbocycles. The summed E-state index contributed by atoms with van der Waals surface area (Å²) >= 11 is 0. The lowest BCUT2D eigenvalue weighted by Crippen LogP contribution is -2.19. The van der Waals surface area contributed by atoms with Gasteiger partial charge in [-0.1, -0.05) is 19.3 Å². The molecule has 4 heteroatoms. The lowest BCUT2D eigenvalue weighted by atomic mass is 9.95. The van der Waals surface area contributed by atoms with E-state index >= 15 is 0 Å². The molecule has 0 bridgehead atoms. The highest BCUT2D eigenvalue weighted by Crippen LogP contribution is 2.31. The Morgan fingerprint density at radius 3 is 2.61 bits per heavy atom. The van der Waals surface area contributed by atoms with Gasteiger partial charge in [0.25, 0.3) is 0 Å². The Balaban J connectivity index is 2.28. The average molecular weight is 250 g/mol. The number of hydrogen-bond donors (Lipinski definition) is 0. The number of methoxy groups -OCH3 is 1. The van der Waals surface area contributed by atoms with Crippen molar-refractivity contribution in [3.8, 4) is 0 Å². The van der Waals surface area contributed by atoms with Crippen LogP contribution in [-0.4, -0.2) is 22.6 Å². The summed E-state index contributed by atoms with van der Waals surface area (Å²) in [5.41, 5.74) is 2.22. The molecule has 18 heavy (non-hydrogen) atoms. The van der Waals surface area contributed by atoms with Crippen molar-refractivity contribution in [2.24, 2.45) is 0 Å². The number of aromatic nitrogens is 2. The number of hydrogen-bond acceptors (Lipinski definition) is 3. The molecule has 0 radical (unpaired) electrons. The zero-order chi connectivity index (χ0) is 13.1. The molecule has 100 valence electrons. The summed E-state index contributed by atoms with van der Waals surface area (Å²) in [5, 5.41) is 0. The van der Waals surface area contributed by atoms with Crippen LogP contribution in [0.5, 0.6) is 0 Å². The summed E-state index contributed by atoms with van der Waals surface area (Å²) in [5.74, 6) is 0.654. The summed E-state index contributed by atoms with van der Waals surface area (Å²) < 4.78 is 7.02. The SMILES string of the molecule is COC(=O)Cc1nc(C)c(C)n1C1CCCCC1. The molecule has 0 saturated heterocycles. The molecule has 1 saturated carbocycles. The maximum atomic E-state index is 11.5. The second-order valence-electron chi connectivity index (χ2n) is 5.11. The predicted octanol–water partition coefficient (Wildman–Crippen LogP) is 2.72. The van der Waals surface area contributed by atoms with Crippen LogP contribution in [0.1, 0.15) is 55.4 Å². The Morgan fingerprint density at radius 1 is 1.33 bits per heavy atom.